The maximum absolute atomic E-state index is 13.2. The van der Waals surface area contributed by atoms with Gasteiger partial charge in [0.15, 0.2) is 0 Å². The summed E-state index contributed by atoms with van der Waals surface area (Å²) in [6, 6.07) is 22.5. The summed E-state index contributed by atoms with van der Waals surface area (Å²) in [5.41, 5.74) is 4.96. The van der Waals surface area contributed by atoms with Gasteiger partial charge in [0.25, 0.3) is 5.91 Å². The minimum atomic E-state index is -0.525. The van der Waals surface area contributed by atoms with E-state index in [1.165, 1.54) is 7.11 Å². The number of methoxy groups -OCH3 is 1. The minimum absolute atomic E-state index is 0.260. The lowest BCUT2D eigenvalue weighted by Crippen LogP contribution is -2.36. The van der Waals surface area contributed by atoms with Crippen LogP contribution in [0.3, 0.4) is 0 Å². The molecule has 2 amide bonds. The number of esters is 1. The molecule has 0 bridgehead atoms. The van der Waals surface area contributed by atoms with Crippen molar-refractivity contribution in [3.05, 3.63) is 95.1 Å². The van der Waals surface area contributed by atoms with E-state index in [0.29, 0.717) is 47.7 Å². The van der Waals surface area contributed by atoms with Crippen molar-refractivity contribution >= 4 is 40.6 Å². The van der Waals surface area contributed by atoms with Crippen LogP contribution in [0.5, 0.6) is 0 Å². The van der Waals surface area contributed by atoms with Gasteiger partial charge in [-0.25, -0.2) is 9.59 Å². The highest BCUT2D eigenvalue weighted by atomic mass is 16.6. The van der Waals surface area contributed by atoms with Crippen molar-refractivity contribution in [3.8, 4) is 0 Å². The Morgan fingerprint density at radius 3 is 2.30 bits per heavy atom. The third kappa shape index (κ3) is 7.27. The van der Waals surface area contributed by atoms with E-state index < -0.39 is 17.7 Å². The molecule has 9 nitrogen and oxygen atoms in total. The molecule has 0 radical (unpaired) electrons. The summed E-state index contributed by atoms with van der Waals surface area (Å²) >= 11 is 0. The summed E-state index contributed by atoms with van der Waals surface area (Å²) in [7, 11) is 1.32. The second-order valence-corrected chi connectivity index (χ2v) is 10.2. The van der Waals surface area contributed by atoms with Crippen molar-refractivity contribution in [1.82, 2.24) is 10.6 Å². The van der Waals surface area contributed by atoms with Crippen LogP contribution in [0.4, 0.5) is 16.2 Å². The molecular formula is C31H34N4O5. The number of ether oxygens (including phenoxy) is 2. The maximum Gasteiger partial charge on any atom is 0.407 e. The monoisotopic (exact) mass is 542 g/mol. The lowest BCUT2D eigenvalue weighted by molar-refractivity contribution is -0.110. The lowest BCUT2D eigenvalue weighted by atomic mass is 9.99. The topological polar surface area (TPSA) is 118 Å². The van der Waals surface area contributed by atoms with E-state index in [4.69, 9.17) is 9.47 Å². The number of hydrogen-bond acceptors (Lipinski definition) is 7. The van der Waals surface area contributed by atoms with Gasteiger partial charge in [-0.15, -0.1) is 0 Å². The molecule has 3 aromatic rings. The highest BCUT2D eigenvalue weighted by Crippen LogP contribution is 2.38. The first kappa shape index (κ1) is 28.4. The van der Waals surface area contributed by atoms with Crippen molar-refractivity contribution in [2.45, 2.75) is 32.9 Å². The number of hydrogen-bond donors (Lipinski definition) is 4. The molecule has 0 fully saturated rings. The van der Waals surface area contributed by atoms with E-state index in [0.717, 1.165) is 16.8 Å². The normalized spacial score (nSPS) is 13.7. The van der Waals surface area contributed by atoms with Crippen LogP contribution in [0.2, 0.25) is 0 Å². The smallest absolute Gasteiger partial charge is 0.407 e. The number of alkyl carbamates (subject to hydrolysis) is 1. The van der Waals surface area contributed by atoms with E-state index in [9.17, 15) is 14.4 Å². The number of benzene rings is 3. The summed E-state index contributed by atoms with van der Waals surface area (Å²) in [6.07, 6.45) is -0.435. The van der Waals surface area contributed by atoms with Gasteiger partial charge >= 0.3 is 12.1 Å². The molecule has 1 aliphatic heterocycles. The fraction of sp³-hybridized carbons (Fsp3) is 0.258. The minimum Gasteiger partial charge on any atom is -0.465 e. The Hall–Kier alpha value is -4.63. The van der Waals surface area contributed by atoms with Gasteiger partial charge in [0.05, 0.1) is 29.6 Å². The zero-order chi connectivity index (χ0) is 28.7. The molecule has 0 spiro atoms. The molecule has 1 heterocycles. The molecule has 0 aromatic heterocycles. The summed E-state index contributed by atoms with van der Waals surface area (Å²) < 4.78 is 10.0. The highest BCUT2D eigenvalue weighted by molar-refractivity contribution is 6.37. The Morgan fingerprint density at radius 1 is 0.900 bits per heavy atom. The van der Waals surface area contributed by atoms with E-state index >= 15 is 0 Å². The number of amides is 2. The van der Waals surface area contributed by atoms with Crippen molar-refractivity contribution in [2.75, 3.05) is 30.8 Å². The Bertz CT molecular complexity index is 1410. The first-order valence-corrected chi connectivity index (χ1v) is 13.0. The average Bonchev–Trinajstić information content (AvgIpc) is 3.26. The Labute approximate surface area is 234 Å². The average molecular weight is 543 g/mol. The number of anilines is 2. The molecule has 3 aromatic carbocycles. The molecule has 0 unspecified atom stereocenters. The van der Waals surface area contributed by atoms with Gasteiger partial charge < -0.3 is 30.7 Å². The first-order valence-electron chi connectivity index (χ1n) is 13.0. The summed E-state index contributed by atoms with van der Waals surface area (Å²) in [5.74, 6) is -0.728. The molecular weight excluding hydrogens is 508 g/mol. The van der Waals surface area contributed by atoms with E-state index in [1.807, 2.05) is 75.4 Å². The molecule has 9 heteroatoms. The molecule has 0 saturated carbocycles. The fourth-order valence-corrected chi connectivity index (χ4v) is 4.20. The number of nitrogens with one attached hydrogen (secondary N) is 4. The number of carbonyl (C=O) groups is 3. The summed E-state index contributed by atoms with van der Waals surface area (Å²) in [4.78, 5) is 36.9. The fourth-order valence-electron chi connectivity index (χ4n) is 4.20. The van der Waals surface area contributed by atoms with Crippen molar-refractivity contribution in [3.63, 3.8) is 0 Å². The van der Waals surface area contributed by atoms with E-state index in [-0.39, 0.29) is 5.91 Å². The van der Waals surface area contributed by atoms with E-state index in [2.05, 4.69) is 21.3 Å². The van der Waals surface area contributed by atoms with Gasteiger partial charge in [0, 0.05) is 30.9 Å². The van der Waals surface area contributed by atoms with Crippen LogP contribution in [0, 0.1) is 0 Å². The number of rotatable bonds is 9. The summed E-state index contributed by atoms with van der Waals surface area (Å²) in [5, 5.41) is 12.3. The van der Waals surface area contributed by atoms with Gasteiger partial charge in [0.2, 0.25) is 0 Å². The van der Waals surface area contributed by atoms with Crippen LogP contribution >= 0.6 is 0 Å². The van der Waals surface area contributed by atoms with Crippen LogP contribution in [-0.4, -0.2) is 43.8 Å². The quantitative estimate of drug-likeness (QED) is 0.170. The van der Waals surface area contributed by atoms with Crippen LogP contribution < -0.4 is 21.3 Å². The predicted molar refractivity (Wildman–Crippen MR) is 156 cm³/mol. The van der Waals surface area contributed by atoms with Crippen LogP contribution in [0.25, 0.3) is 11.3 Å². The Balaban J connectivity index is 1.47. The standard InChI is InChI=1S/C31H34N4O5/c1-31(2,3)40-30(38)33-17-16-32-19-20-10-13-23(14-11-20)34-27(21-8-6-5-7-9-21)26-24-15-12-22(29(37)39-4)18-25(24)35-28(26)36/h5-15,18,32,34H,16-17,19H2,1-4H3,(H,33,38)(H,35,36)/b27-26-. The van der Waals surface area contributed by atoms with Crippen molar-refractivity contribution in [2.24, 2.45) is 0 Å². The molecule has 0 aliphatic carbocycles. The molecule has 4 N–H and O–H groups in total. The molecule has 1 aliphatic rings. The largest absolute Gasteiger partial charge is 0.465 e. The molecule has 40 heavy (non-hydrogen) atoms. The van der Waals surface area contributed by atoms with Crippen molar-refractivity contribution in [1.29, 1.82) is 0 Å². The van der Waals surface area contributed by atoms with Crippen LogP contribution in [-0.2, 0) is 20.8 Å². The molecule has 0 saturated heterocycles. The zero-order valence-corrected chi connectivity index (χ0v) is 23.1. The highest BCUT2D eigenvalue weighted by Gasteiger charge is 2.29. The third-order valence-corrected chi connectivity index (χ3v) is 6.02. The SMILES string of the molecule is COC(=O)c1ccc2c(c1)NC(=O)/C2=C(\Nc1ccc(CNCCNC(=O)OC(C)(C)C)cc1)c1ccccc1. The second-order valence-electron chi connectivity index (χ2n) is 10.2. The summed E-state index contributed by atoms with van der Waals surface area (Å²) in [6.45, 7) is 7.15. The van der Waals surface area contributed by atoms with E-state index in [1.54, 1.807) is 18.2 Å². The van der Waals surface area contributed by atoms with Crippen LogP contribution in [0.15, 0.2) is 72.8 Å². The van der Waals surface area contributed by atoms with Crippen LogP contribution in [0.1, 0.15) is 47.8 Å². The number of fused-ring (bicyclic) bond motifs is 1. The second kappa shape index (κ2) is 12.5. The first-order chi connectivity index (χ1) is 19.1. The van der Waals surface area contributed by atoms with Gasteiger partial charge in [-0.2, -0.15) is 0 Å². The van der Waals surface area contributed by atoms with Crippen molar-refractivity contribution < 1.29 is 23.9 Å². The lowest BCUT2D eigenvalue weighted by Gasteiger charge is -2.19. The van der Waals surface area contributed by atoms with Gasteiger partial charge in [0.1, 0.15) is 5.60 Å². The Morgan fingerprint density at radius 2 is 1.62 bits per heavy atom. The molecule has 0 atom stereocenters. The predicted octanol–water partition coefficient (Wildman–Crippen LogP) is 5.02. The Kier molecular flexibility index (Phi) is 8.86. The zero-order valence-electron chi connectivity index (χ0n) is 23.1. The third-order valence-electron chi connectivity index (χ3n) is 6.02. The number of carbonyl (C=O) groups excluding carboxylic acids is 3. The maximum atomic E-state index is 13.2. The van der Waals surface area contributed by atoms with Gasteiger partial charge in [-0.1, -0.05) is 48.5 Å². The molecule has 208 valence electrons. The van der Waals surface area contributed by atoms with Gasteiger partial charge in [-0.05, 0) is 56.2 Å². The van der Waals surface area contributed by atoms with Gasteiger partial charge in [-0.3, -0.25) is 4.79 Å². The molecule has 4 rings (SSSR count).